The molecular weight excluding hydrogens is 275 g/mol. The Hall–Kier alpha value is -1.21. The summed E-state index contributed by atoms with van der Waals surface area (Å²) in [6.07, 6.45) is -3.98. The molecule has 0 unspecified atom stereocenters. The fourth-order valence-electron chi connectivity index (χ4n) is 1.91. The van der Waals surface area contributed by atoms with E-state index in [-0.39, 0.29) is 25.7 Å². The highest BCUT2D eigenvalue weighted by Crippen LogP contribution is 2.38. The summed E-state index contributed by atoms with van der Waals surface area (Å²) >= 11 is 0. The van der Waals surface area contributed by atoms with Crippen LogP contribution < -0.4 is 0 Å². The Morgan fingerprint density at radius 2 is 1.65 bits per heavy atom. The molecule has 0 heterocycles. The predicted molar refractivity (Wildman–Crippen MR) is 66.5 cm³/mol. The van der Waals surface area contributed by atoms with Gasteiger partial charge in [0, 0.05) is 0 Å². The molecule has 0 aromatic carbocycles. The molecule has 0 aromatic rings. The number of hydrogen-bond donors (Lipinski definition) is 0. The summed E-state index contributed by atoms with van der Waals surface area (Å²) < 4.78 is 37.5. The second-order valence-corrected chi connectivity index (χ2v) is 6.15. The zero-order valence-corrected chi connectivity index (χ0v) is 12.3. The molecule has 118 valence electrons. The molecule has 1 saturated carbocycles. The van der Waals surface area contributed by atoms with Gasteiger partial charge in [-0.05, 0) is 46.5 Å². The van der Waals surface area contributed by atoms with Crippen molar-refractivity contribution in [2.24, 2.45) is 11.2 Å². The van der Waals surface area contributed by atoms with E-state index >= 15 is 0 Å². The molecule has 0 aromatic heterocycles. The van der Waals surface area contributed by atoms with Crippen LogP contribution in [-0.4, -0.2) is 34.8 Å². The third-order valence-corrected chi connectivity index (χ3v) is 3.63. The van der Waals surface area contributed by atoms with Gasteiger partial charge in [-0.1, -0.05) is 0 Å². The highest BCUT2D eigenvalue weighted by Gasteiger charge is 2.42. The molecule has 1 fully saturated rings. The summed E-state index contributed by atoms with van der Waals surface area (Å²) in [5.41, 5.74) is -0.414. The first-order valence-electron chi connectivity index (χ1n) is 6.66. The van der Waals surface area contributed by atoms with E-state index in [9.17, 15) is 18.4 Å². The molecule has 0 amide bonds. The van der Waals surface area contributed by atoms with E-state index < -0.39 is 23.7 Å². The molecule has 0 aliphatic heterocycles. The van der Waals surface area contributed by atoms with Gasteiger partial charge < -0.3 is 10.0 Å². The lowest BCUT2D eigenvalue weighted by atomic mass is 9.87. The zero-order chi connectivity index (χ0) is 15.6. The molecule has 1 aliphatic rings. The zero-order valence-electron chi connectivity index (χ0n) is 12.3. The Labute approximate surface area is 116 Å². The molecule has 0 saturated heterocycles. The van der Waals surface area contributed by atoms with Crippen LogP contribution in [0, 0.1) is 11.1 Å². The molecule has 1 aliphatic carbocycles. The van der Waals surface area contributed by atoms with Crippen LogP contribution in [0.25, 0.3) is 0 Å². The van der Waals surface area contributed by atoms with Crippen LogP contribution in [0.3, 0.4) is 0 Å². The van der Waals surface area contributed by atoms with Crippen molar-refractivity contribution in [2.45, 2.75) is 64.3 Å². The van der Waals surface area contributed by atoms with Gasteiger partial charge in [-0.2, -0.15) is 13.2 Å². The molecular formula is C12H22F3N3O2. The second kappa shape index (κ2) is 6.05. The van der Waals surface area contributed by atoms with Crippen LogP contribution in [0.5, 0.6) is 0 Å². The van der Waals surface area contributed by atoms with Gasteiger partial charge in [0.15, 0.2) is 0 Å². The van der Waals surface area contributed by atoms with E-state index in [1.54, 1.807) is 7.05 Å². The Morgan fingerprint density at radius 3 is 2.05 bits per heavy atom. The lowest BCUT2D eigenvalue weighted by molar-refractivity contribution is -0.720. The van der Waals surface area contributed by atoms with Crippen molar-refractivity contribution in [3.8, 4) is 0 Å². The van der Waals surface area contributed by atoms with Crippen molar-refractivity contribution in [1.82, 2.24) is 5.01 Å². The summed E-state index contributed by atoms with van der Waals surface area (Å²) in [6, 6.07) is 0. The van der Waals surface area contributed by atoms with E-state index in [1.807, 2.05) is 20.8 Å². The minimum atomic E-state index is -4.14. The first-order valence-corrected chi connectivity index (χ1v) is 6.66. The van der Waals surface area contributed by atoms with E-state index in [0.717, 1.165) is 0 Å². The lowest BCUT2D eigenvalue weighted by Crippen LogP contribution is -2.42. The normalized spacial score (nSPS) is 25.4. The maximum atomic E-state index is 12.5. The molecule has 8 heteroatoms. The van der Waals surface area contributed by atoms with Crippen LogP contribution in [0.2, 0.25) is 0 Å². The predicted octanol–water partition coefficient (Wildman–Crippen LogP) is 3.65. The van der Waals surface area contributed by atoms with E-state index in [4.69, 9.17) is 4.84 Å². The number of alkyl halides is 3. The molecule has 20 heavy (non-hydrogen) atoms. The standard InChI is InChI=1S/C12H22F3N3O2/c1-11(2,3)17(4)18(19)16-20-10-7-5-9(6-8-10)12(13,14)15/h9-10H,5-8H2,1-4H3/b18-16-. The second-order valence-electron chi connectivity index (χ2n) is 6.15. The van der Waals surface area contributed by atoms with Crippen molar-refractivity contribution in [1.29, 1.82) is 0 Å². The van der Waals surface area contributed by atoms with Crippen LogP contribution in [0.4, 0.5) is 13.2 Å². The minimum absolute atomic E-state index is 0.0255. The lowest BCUT2D eigenvalue weighted by Gasteiger charge is -2.29. The minimum Gasteiger partial charge on any atom is -0.569 e. The average Bonchev–Trinajstić information content (AvgIpc) is 2.33. The summed E-state index contributed by atoms with van der Waals surface area (Å²) in [4.78, 5) is 5.38. The van der Waals surface area contributed by atoms with Crippen molar-refractivity contribution in [2.75, 3.05) is 7.05 Å². The molecule has 1 rings (SSSR count). The first kappa shape index (κ1) is 16.8. The Balaban J connectivity index is 2.45. The topological polar surface area (TPSA) is 50.9 Å². The van der Waals surface area contributed by atoms with Gasteiger partial charge >= 0.3 is 6.18 Å². The van der Waals surface area contributed by atoms with Crippen LogP contribution >= 0.6 is 0 Å². The Kier molecular flexibility index (Phi) is 5.10. The van der Waals surface area contributed by atoms with Gasteiger partial charge in [0.05, 0.1) is 23.5 Å². The fourth-order valence-corrected chi connectivity index (χ4v) is 1.91. The summed E-state index contributed by atoms with van der Waals surface area (Å²) in [5.74, 6) is -1.26. The summed E-state index contributed by atoms with van der Waals surface area (Å²) in [7, 11) is 1.57. The van der Waals surface area contributed by atoms with Crippen LogP contribution in [-0.2, 0) is 4.84 Å². The van der Waals surface area contributed by atoms with Crippen LogP contribution in [0.1, 0.15) is 46.5 Å². The van der Waals surface area contributed by atoms with Gasteiger partial charge in [-0.25, -0.2) is 0 Å². The monoisotopic (exact) mass is 297 g/mol. The van der Waals surface area contributed by atoms with Gasteiger partial charge in [0.2, 0.25) is 5.28 Å². The molecule has 0 bridgehead atoms. The molecule has 0 N–H and O–H groups in total. The first-order chi connectivity index (χ1) is 9.01. The number of rotatable bonds is 3. The molecule has 0 atom stereocenters. The van der Waals surface area contributed by atoms with Crippen molar-refractivity contribution in [3.63, 3.8) is 0 Å². The largest absolute Gasteiger partial charge is 0.569 e. The summed E-state index contributed by atoms with van der Waals surface area (Å²) in [5, 5.41) is 16.4. The smallest absolute Gasteiger partial charge is 0.391 e. The summed E-state index contributed by atoms with van der Waals surface area (Å²) in [6.45, 7) is 5.51. The number of hydrazine groups is 1. The van der Waals surface area contributed by atoms with E-state index in [0.29, 0.717) is 4.97 Å². The quantitative estimate of drug-likeness (QED) is 0.454. The third-order valence-electron chi connectivity index (χ3n) is 3.63. The highest BCUT2D eigenvalue weighted by molar-refractivity contribution is 4.77. The Morgan fingerprint density at radius 1 is 1.15 bits per heavy atom. The van der Waals surface area contributed by atoms with Crippen molar-refractivity contribution in [3.05, 3.63) is 5.21 Å². The maximum absolute atomic E-state index is 12.5. The fraction of sp³-hybridized carbons (Fsp3) is 1.00. The van der Waals surface area contributed by atoms with E-state index in [2.05, 4.69) is 5.28 Å². The van der Waals surface area contributed by atoms with Crippen LogP contribution in [0.15, 0.2) is 5.28 Å². The van der Waals surface area contributed by atoms with Crippen molar-refractivity contribution < 1.29 is 23.0 Å². The molecule has 0 radical (unpaired) electrons. The SMILES string of the molecule is CN(/[N+]([O-])=N/OC1CCC(C(F)(F)F)CC1)C(C)(C)C. The third kappa shape index (κ3) is 4.72. The Bertz CT molecular complexity index is 345. The molecule has 0 spiro atoms. The van der Waals surface area contributed by atoms with Gasteiger partial charge in [-0.3, -0.25) is 0 Å². The number of halogens is 3. The molecule has 5 nitrogen and oxygen atoms in total. The maximum Gasteiger partial charge on any atom is 0.391 e. The van der Waals surface area contributed by atoms with Crippen molar-refractivity contribution >= 4 is 0 Å². The highest BCUT2D eigenvalue weighted by atomic mass is 19.4. The van der Waals surface area contributed by atoms with E-state index in [1.165, 1.54) is 5.01 Å². The number of nitrogens with zero attached hydrogens (tertiary/aromatic N) is 3. The number of hydrogen-bond acceptors (Lipinski definition) is 3. The van der Waals surface area contributed by atoms with Gasteiger partial charge in [-0.15, -0.1) is 5.01 Å². The average molecular weight is 297 g/mol. The van der Waals surface area contributed by atoms with Gasteiger partial charge in [0.25, 0.3) is 0 Å². The van der Waals surface area contributed by atoms with Gasteiger partial charge in [0.1, 0.15) is 6.10 Å².